The minimum Gasteiger partial charge on any atom is -0.366 e. The molecule has 21 heavy (non-hydrogen) atoms. The lowest BCUT2D eigenvalue weighted by Crippen LogP contribution is -2.26. The predicted octanol–water partition coefficient (Wildman–Crippen LogP) is 4.93. The molecule has 0 fully saturated rings. The lowest BCUT2D eigenvalue weighted by Gasteiger charge is -2.26. The van der Waals surface area contributed by atoms with E-state index in [0.29, 0.717) is 6.04 Å². The van der Waals surface area contributed by atoms with Crippen molar-refractivity contribution in [2.75, 3.05) is 11.4 Å². The molecule has 2 rings (SSSR count). The summed E-state index contributed by atoms with van der Waals surface area (Å²) in [7, 11) is 0. The van der Waals surface area contributed by atoms with Crippen molar-refractivity contribution in [3.63, 3.8) is 0 Å². The molecule has 0 unspecified atom stereocenters. The second-order valence-electron chi connectivity index (χ2n) is 5.37. The number of anilines is 1. The molecule has 0 aliphatic carbocycles. The number of thiophene rings is 1. The largest absolute Gasteiger partial charge is 0.366 e. The molecule has 114 valence electrons. The van der Waals surface area contributed by atoms with Gasteiger partial charge in [0.05, 0.1) is 6.54 Å². The van der Waals surface area contributed by atoms with E-state index in [1.54, 1.807) is 11.3 Å². The second kappa shape index (κ2) is 7.83. The molecule has 2 nitrogen and oxygen atoms in total. The normalized spacial score (nSPS) is 11.1. The molecule has 0 saturated heterocycles. The van der Waals surface area contributed by atoms with E-state index >= 15 is 0 Å². The minimum atomic E-state index is 0.446. The molecule has 4 heteroatoms. The Labute approximate surface area is 136 Å². The first-order valence-corrected chi connectivity index (χ1v) is 8.65. The minimum absolute atomic E-state index is 0.446. The summed E-state index contributed by atoms with van der Waals surface area (Å²) < 4.78 is 0. The topological polar surface area (TPSA) is 15.3 Å². The SMILES string of the molecule is CCN(Cc1cccs1)c1cccc(Cl)c1CNC(C)C. The Balaban J connectivity index is 2.25. The molecule has 0 radical (unpaired) electrons. The highest BCUT2D eigenvalue weighted by molar-refractivity contribution is 7.09. The van der Waals surface area contributed by atoms with Crippen LogP contribution in [0.1, 0.15) is 31.2 Å². The van der Waals surface area contributed by atoms with Crippen molar-refractivity contribution in [2.24, 2.45) is 0 Å². The third-order valence-corrected chi connectivity index (χ3v) is 4.65. The number of hydrogen-bond acceptors (Lipinski definition) is 3. The summed E-state index contributed by atoms with van der Waals surface area (Å²) in [5.74, 6) is 0. The Morgan fingerprint density at radius 1 is 1.24 bits per heavy atom. The van der Waals surface area contributed by atoms with Gasteiger partial charge in [-0.25, -0.2) is 0 Å². The summed E-state index contributed by atoms with van der Waals surface area (Å²) in [6, 6.07) is 10.9. The van der Waals surface area contributed by atoms with Gasteiger partial charge < -0.3 is 10.2 Å². The summed E-state index contributed by atoms with van der Waals surface area (Å²) in [4.78, 5) is 3.76. The van der Waals surface area contributed by atoms with Crippen LogP contribution in [0.5, 0.6) is 0 Å². The lowest BCUT2D eigenvalue weighted by molar-refractivity contribution is 0.588. The molecule has 0 atom stereocenters. The molecule has 0 aliphatic heterocycles. The summed E-state index contributed by atoms with van der Waals surface area (Å²) in [5, 5.41) is 6.44. The number of benzene rings is 1. The van der Waals surface area contributed by atoms with Crippen LogP contribution >= 0.6 is 22.9 Å². The van der Waals surface area contributed by atoms with Gasteiger partial charge in [-0.1, -0.05) is 37.6 Å². The van der Waals surface area contributed by atoms with Gasteiger partial charge in [0.25, 0.3) is 0 Å². The second-order valence-corrected chi connectivity index (χ2v) is 6.81. The van der Waals surface area contributed by atoms with E-state index in [-0.39, 0.29) is 0 Å². The molecule has 0 amide bonds. The Morgan fingerprint density at radius 3 is 2.67 bits per heavy atom. The van der Waals surface area contributed by atoms with E-state index < -0.39 is 0 Å². The van der Waals surface area contributed by atoms with Crippen LogP contribution in [0.4, 0.5) is 5.69 Å². The van der Waals surface area contributed by atoms with E-state index in [4.69, 9.17) is 11.6 Å². The highest BCUT2D eigenvalue weighted by Gasteiger charge is 2.13. The van der Waals surface area contributed by atoms with E-state index in [1.165, 1.54) is 16.1 Å². The first-order chi connectivity index (χ1) is 10.1. The number of nitrogens with one attached hydrogen (secondary N) is 1. The Bertz CT molecular complexity index is 552. The molecule has 0 bridgehead atoms. The van der Waals surface area contributed by atoms with Crippen LogP contribution in [0, 0.1) is 0 Å². The molecule has 1 aromatic heterocycles. The van der Waals surface area contributed by atoms with Crippen molar-refractivity contribution in [3.05, 3.63) is 51.2 Å². The third-order valence-electron chi connectivity index (χ3n) is 3.43. The summed E-state index contributed by atoms with van der Waals surface area (Å²) in [6.07, 6.45) is 0. The predicted molar refractivity (Wildman–Crippen MR) is 94.5 cm³/mol. The zero-order valence-corrected chi connectivity index (χ0v) is 14.5. The van der Waals surface area contributed by atoms with Gasteiger partial charge in [-0.15, -0.1) is 11.3 Å². The Morgan fingerprint density at radius 2 is 2.05 bits per heavy atom. The molecule has 0 saturated carbocycles. The van der Waals surface area contributed by atoms with E-state index in [1.807, 2.05) is 12.1 Å². The molecule has 1 aromatic carbocycles. The first-order valence-electron chi connectivity index (χ1n) is 7.40. The fourth-order valence-corrected chi connectivity index (χ4v) is 3.24. The van der Waals surface area contributed by atoms with Crippen LogP contribution in [0.25, 0.3) is 0 Å². The van der Waals surface area contributed by atoms with Crippen LogP contribution in [-0.2, 0) is 13.1 Å². The van der Waals surface area contributed by atoms with Crippen molar-refractivity contribution in [3.8, 4) is 0 Å². The summed E-state index contributed by atoms with van der Waals surface area (Å²) in [6.45, 7) is 9.19. The average molecular weight is 323 g/mol. The monoisotopic (exact) mass is 322 g/mol. The van der Waals surface area contributed by atoms with Crippen LogP contribution < -0.4 is 10.2 Å². The molecular weight excluding hydrogens is 300 g/mol. The molecule has 0 spiro atoms. The molecule has 1 N–H and O–H groups in total. The summed E-state index contributed by atoms with van der Waals surface area (Å²) >= 11 is 8.23. The first kappa shape index (κ1) is 16.3. The Hall–Kier alpha value is -1.03. The van der Waals surface area contributed by atoms with Crippen molar-refractivity contribution in [1.29, 1.82) is 0 Å². The van der Waals surface area contributed by atoms with E-state index in [9.17, 15) is 0 Å². The van der Waals surface area contributed by atoms with E-state index in [2.05, 4.69) is 54.6 Å². The lowest BCUT2D eigenvalue weighted by atomic mass is 10.1. The molecule has 1 heterocycles. The fraction of sp³-hybridized carbons (Fsp3) is 0.412. The summed E-state index contributed by atoms with van der Waals surface area (Å²) in [5.41, 5.74) is 2.41. The van der Waals surface area contributed by atoms with Crippen molar-refractivity contribution < 1.29 is 0 Å². The Kier molecular flexibility index (Phi) is 6.09. The van der Waals surface area contributed by atoms with Gasteiger partial charge in [-0.3, -0.25) is 0 Å². The number of nitrogens with zero attached hydrogens (tertiary/aromatic N) is 1. The van der Waals surface area contributed by atoms with Crippen LogP contribution in [0.2, 0.25) is 5.02 Å². The van der Waals surface area contributed by atoms with Gasteiger partial charge in [0.2, 0.25) is 0 Å². The van der Waals surface area contributed by atoms with Gasteiger partial charge in [-0.2, -0.15) is 0 Å². The number of rotatable bonds is 7. The third kappa shape index (κ3) is 4.47. The zero-order chi connectivity index (χ0) is 15.2. The zero-order valence-electron chi connectivity index (χ0n) is 12.9. The van der Waals surface area contributed by atoms with Crippen LogP contribution in [0.3, 0.4) is 0 Å². The standard InChI is InChI=1S/C17H23ClN2S/c1-4-20(12-14-7-6-10-21-14)17-9-5-8-16(18)15(17)11-19-13(2)3/h5-10,13,19H,4,11-12H2,1-3H3. The smallest absolute Gasteiger partial charge is 0.0522 e. The molecule has 0 aliphatic rings. The van der Waals surface area contributed by atoms with Crippen LogP contribution in [-0.4, -0.2) is 12.6 Å². The van der Waals surface area contributed by atoms with E-state index in [0.717, 1.165) is 24.7 Å². The highest BCUT2D eigenvalue weighted by Crippen LogP contribution is 2.29. The van der Waals surface area contributed by atoms with Crippen molar-refractivity contribution in [1.82, 2.24) is 5.32 Å². The fourth-order valence-electron chi connectivity index (χ4n) is 2.28. The number of hydrogen-bond donors (Lipinski definition) is 1. The highest BCUT2D eigenvalue weighted by atomic mass is 35.5. The van der Waals surface area contributed by atoms with Gasteiger partial charge in [0.15, 0.2) is 0 Å². The van der Waals surface area contributed by atoms with Crippen molar-refractivity contribution in [2.45, 2.75) is 39.9 Å². The molecule has 2 aromatic rings. The quantitative estimate of drug-likeness (QED) is 0.777. The maximum Gasteiger partial charge on any atom is 0.0522 e. The van der Waals surface area contributed by atoms with Gasteiger partial charge >= 0.3 is 0 Å². The molecular formula is C17H23ClN2S. The van der Waals surface area contributed by atoms with Gasteiger partial charge in [-0.05, 0) is 30.5 Å². The van der Waals surface area contributed by atoms with Gasteiger partial charge in [0.1, 0.15) is 0 Å². The van der Waals surface area contributed by atoms with Crippen LogP contribution in [0.15, 0.2) is 35.7 Å². The van der Waals surface area contributed by atoms with Gasteiger partial charge in [0, 0.05) is 40.3 Å². The number of halogens is 1. The maximum atomic E-state index is 6.43. The van der Waals surface area contributed by atoms with Crippen molar-refractivity contribution >= 4 is 28.6 Å². The average Bonchev–Trinajstić information content (AvgIpc) is 2.96. The maximum absolute atomic E-state index is 6.43.